The quantitative estimate of drug-likeness (QED) is 0.676. The number of allylic oxidation sites excluding steroid dienone is 1. The molecule has 4 heterocycles. The minimum absolute atomic E-state index is 0.129. The van der Waals surface area contributed by atoms with Crippen LogP contribution in [0.3, 0.4) is 0 Å². The van der Waals surface area contributed by atoms with Crippen LogP contribution in [0.5, 0.6) is 0 Å². The molecule has 5 rings (SSSR count). The van der Waals surface area contributed by atoms with Crippen LogP contribution >= 0.6 is 0 Å². The highest BCUT2D eigenvalue weighted by atomic mass is 16.6. The van der Waals surface area contributed by atoms with Gasteiger partial charge in [0, 0.05) is 37.3 Å². The van der Waals surface area contributed by atoms with Gasteiger partial charge in [-0.25, -0.2) is 9.78 Å². The Balaban J connectivity index is 1.29. The van der Waals surface area contributed by atoms with Crippen molar-refractivity contribution in [1.29, 1.82) is 0 Å². The van der Waals surface area contributed by atoms with Crippen LogP contribution in [0.4, 0.5) is 4.79 Å². The van der Waals surface area contributed by atoms with E-state index in [4.69, 9.17) is 4.74 Å². The summed E-state index contributed by atoms with van der Waals surface area (Å²) in [5.74, 6) is 1.70. The first kappa shape index (κ1) is 18.8. The second kappa shape index (κ2) is 7.89. The van der Waals surface area contributed by atoms with E-state index < -0.39 is 0 Å². The Morgan fingerprint density at radius 1 is 1.37 bits per heavy atom. The minimum Gasteiger partial charge on any atom is -0.446 e. The summed E-state index contributed by atoms with van der Waals surface area (Å²) in [5, 5.41) is 11.7. The average molecular weight is 407 g/mol. The van der Waals surface area contributed by atoms with E-state index in [1.54, 1.807) is 12.4 Å². The normalized spacial score (nSPS) is 25.9. The van der Waals surface area contributed by atoms with Gasteiger partial charge in [0.15, 0.2) is 11.3 Å². The first-order valence-corrected chi connectivity index (χ1v) is 10.5. The largest absolute Gasteiger partial charge is 0.446 e. The fourth-order valence-corrected chi connectivity index (χ4v) is 4.64. The number of carbonyl (C=O) groups is 1. The van der Waals surface area contributed by atoms with Gasteiger partial charge in [0.2, 0.25) is 0 Å². The first-order valence-electron chi connectivity index (χ1n) is 10.5. The number of dihydropyridines is 1. The van der Waals surface area contributed by atoms with Gasteiger partial charge in [-0.05, 0) is 30.9 Å². The third kappa shape index (κ3) is 3.44. The summed E-state index contributed by atoms with van der Waals surface area (Å²) in [6.07, 6.45) is 11.4. The second-order valence-corrected chi connectivity index (χ2v) is 8.04. The van der Waals surface area contributed by atoms with Crippen molar-refractivity contribution in [2.45, 2.75) is 38.2 Å². The zero-order valence-corrected chi connectivity index (χ0v) is 16.9. The number of hydrogen-bond donors (Lipinski definition) is 2. The summed E-state index contributed by atoms with van der Waals surface area (Å²) in [6.45, 7) is 3.41. The maximum absolute atomic E-state index is 12.3. The summed E-state index contributed by atoms with van der Waals surface area (Å²) in [6, 6.07) is 1.99. The molecule has 2 aliphatic rings. The van der Waals surface area contributed by atoms with Gasteiger partial charge >= 0.3 is 6.09 Å². The first-order chi connectivity index (χ1) is 14.7. The van der Waals surface area contributed by atoms with Gasteiger partial charge in [-0.1, -0.05) is 19.4 Å². The van der Waals surface area contributed by atoms with Crippen LogP contribution < -0.4 is 5.32 Å². The number of rotatable bonds is 5. The Labute approximate surface area is 173 Å². The van der Waals surface area contributed by atoms with Crippen LogP contribution in [0.1, 0.15) is 37.9 Å². The highest BCUT2D eigenvalue weighted by Gasteiger charge is 2.39. The monoisotopic (exact) mass is 407 g/mol. The molecule has 1 amide bonds. The van der Waals surface area contributed by atoms with E-state index in [1.807, 2.05) is 18.3 Å². The molecule has 0 spiro atoms. The van der Waals surface area contributed by atoms with Crippen molar-refractivity contribution in [2.75, 3.05) is 13.1 Å². The number of aromatic amines is 1. The number of aromatic nitrogens is 5. The Morgan fingerprint density at radius 2 is 2.30 bits per heavy atom. The molecule has 0 saturated heterocycles. The fourth-order valence-electron chi connectivity index (χ4n) is 4.64. The molecule has 30 heavy (non-hydrogen) atoms. The summed E-state index contributed by atoms with van der Waals surface area (Å²) in [4.78, 5) is 24.1. The number of hydrogen-bond acceptors (Lipinski definition) is 6. The van der Waals surface area contributed by atoms with E-state index >= 15 is 0 Å². The zero-order valence-electron chi connectivity index (χ0n) is 16.9. The van der Waals surface area contributed by atoms with Crippen molar-refractivity contribution in [2.24, 2.45) is 16.8 Å². The highest BCUT2D eigenvalue weighted by Crippen LogP contribution is 2.42. The maximum atomic E-state index is 12.3. The number of H-pyrrole nitrogens is 1. The van der Waals surface area contributed by atoms with Crippen molar-refractivity contribution in [3.63, 3.8) is 0 Å². The molecule has 1 aliphatic carbocycles. The van der Waals surface area contributed by atoms with Crippen molar-refractivity contribution < 1.29 is 9.53 Å². The van der Waals surface area contributed by atoms with Gasteiger partial charge in [-0.3, -0.25) is 9.39 Å². The zero-order chi connectivity index (χ0) is 20.5. The number of amides is 1. The summed E-state index contributed by atoms with van der Waals surface area (Å²) < 4.78 is 7.83. The van der Waals surface area contributed by atoms with E-state index in [2.05, 4.69) is 47.9 Å². The van der Waals surface area contributed by atoms with Crippen LogP contribution in [0.2, 0.25) is 0 Å². The predicted molar refractivity (Wildman–Crippen MR) is 113 cm³/mol. The Bertz CT molecular complexity index is 1120. The Morgan fingerprint density at radius 3 is 3.13 bits per heavy atom. The van der Waals surface area contributed by atoms with Crippen LogP contribution in [0, 0.1) is 11.8 Å². The number of carbonyl (C=O) groups excluding carboxylic acids is 1. The summed E-state index contributed by atoms with van der Waals surface area (Å²) in [5.41, 5.74) is 2.51. The minimum atomic E-state index is -0.359. The lowest BCUT2D eigenvalue weighted by molar-refractivity contribution is 0.0975. The number of fused-ring (bicyclic) bond motifs is 3. The molecule has 0 bridgehead atoms. The molecule has 156 valence electrons. The van der Waals surface area contributed by atoms with Crippen LogP contribution in [-0.4, -0.2) is 56.1 Å². The highest BCUT2D eigenvalue weighted by molar-refractivity contribution is 5.74. The second-order valence-electron chi connectivity index (χ2n) is 8.04. The molecule has 1 aliphatic heterocycles. The number of alkyl carbamates (subject to hydrolysis) is 1. The summed E-state index contributed by atoms with van der Waals surface area (Å²) in [7, 11) is 0. The molecule has 9 heteroatoms. The van der Waals surface area contributed by atoms with Crippen molar-refractivity contribution in [3.8, 4) is 0 Å². The van der Waals surface area contributed by atoms with E-state index in [9.17, 15) is 4.79 Å². The topological polar surface area (TPSA) is 110 Å². The van der Waals surface area contributed by atoms with Gasteiger partial charge in [0.25, 0.3) is 0 Å². The van der Waals surface area contributed by atoms with E-state index in [-0.39, 0.29) is 24.0 Å². The lowest BCUT2D eigenvalue weighted by Gasteiger charge is -2.16. The molecule has 0 aromatic carbocycles. The van der Waals surface area contributed by atoms with Crippen LogP contribution in [-0.2, 0) is 4.74 Å². The molecule has 3 aromatic heterocycles. The lowest BCUT2D eigenvalue weighted by atomic mass is 9.93. The Kier molecular flexibility index (Phi) is 4.94. The van der Waals surface area contributed by atoms with Crippen molar-refractivity contribution in [3.05, 3.63) is 36.4 Å². The molecule has 9 nitrogen and oxygen atoms in total. The van der Waals surface area contributed by atoms with Gasteiger partial charge in [0.1, 0.15) is 11.9 Å². The van der Waals surface area contributed by atoms with Gasteiger partial charge in [-0.15, -0.1) is 10.2 Å². The summed E-state index contributed by atoms with van der Waals surface area (Å²) >= 11 is 0. The molecule has 1 unspecified atom stereocenters. The maximum Gasteiger partial charge on any atom is 0.407 e. The number of nitrogens with zero attached hydrogens (tertiary/aromatic N) is 5. The van der Waals surface area contributed by atoms with Gasteiger partial charge in [0.05, 0.1) is 11.7 Å². The lowest BCUT2D eigenvalue weighted by Crippen LogP contribution is -2.33. The molecule has 0 radical (unpaired) electrons. The number of aliphatic imine (C=N–C) groups is 1. The van der Waals surface area contributed by atoms with Crippen molar-refractivity contribution >= 4 is 29.1 Å². The average Bonchev–Trinajstić information content (AvgIpc) is 3.49. The number of ether oxygens (including phenoxy) is 1. The predicted octanol–water partition coefficient (Wildman–Crippen LogP) is 2.86. The number of nitrogens with one attached hydrogen (secondary N) is 2. The molecular formula is C21H25N7O2. The molecule has 4 atom stereocenters. The molecule has 1 saturated carbocycles. The van der Waals surface area contributed by atoms with E-state index in [0.717, 1.165) is 41.9 Å². The van der Waals surface area contributed by atoms with Crippen LogP contribution in [0.15, 0.2) is 35.6 Å². The third-order valence-corrected chi connectivity index (χ3v) is 6.17. The molecular weight excluding hydrogens is 382 g/mol. The Hall–Kier alpha value is -3.23. The fraction of sp³-hybridized carbons (Fsp3) is 0.476. The van der Waals surface area contributed by atoms with E-state index in [0.29, 0.717) is 19.0 Å². The molecule has 2 N–H and O–H groups in total. The van der Waals surface area contributed by atoms with Gasteiger partial charge in [-0.2, -0.15) is 0 Å². The standard InChI is InChI=1S/C21H25N7O2/c1-2-14-8-15(30-21(29)25-11-13-4-3-6-22-10-13)9-16(14)20-27-26-18-12-24-19-17(28(18)20)5-7-23-19/h3-7,12-16,23H,2,8-11H2,1H3,(H,25,29)/t13?,14-,15+,16+/m1/s1. The van der Waals surface area contributed by atoms with Crippen LogP contribution in [0.25, 0.3) is 16.8 Å². The van der Waals surface area contributed by atoms with Crippen molar-refractivity contribution in [1.82, 2.24) is 29.9 Å². The SMILES string of the molecule is CC[C@@H]1C[C@H](OC(=O)NCC2C=CC=NC2)C[C@@H]1c1nnc2cnc3[nH]ccc3n12. The molecule has 1 fully saturated rings. The molecule has 3 aromatic rings. The van der Waals surface area contributed by atoms with E-state index in [1.165, 1.54) is 0 Å². The third-order valence-electron chi connectivity index (χ3n) is 6.17. The smallest absolute Gasteiger partial charge is 0.407 e. The van der Waals surface area contributed by atoms with Gasteiger partial charge < -0.3 is 15.0 Å².